The molecule has 9 heteroatoms. The van der Waals surface area contributed by atoms with Gasteiger partial charge in [0.1, 0.15) is 18.3 Å². The molecular weight excluding hydrogens is 550 g/mol. The quantitative estimate of drug-likeness (QED) is 0.290. The molecular formula is C33H41N3O5S. The molecule has 1 aliphatic rings. The highest BCUT2D eigenvalue weighted by Crippen LogP contribution is 2.26. The van der Waals surface area contributed by atoms with Gasteiger partial charge >= 0.3 is 0 Å². The second kappa shape index (κ2) is 14.4. The van der Waals surface area contributed by atoms with Gasteiger partial charge in [0.2, 0.25) is 11.8 Å². The molecule has 1 aliphatic carbocycles. The van der Waals surface area contributed by atoms with Crippen molar-refractivity contribution in [2.45, 2.75) is 75.9 Å². The Bertz CT molecular complexity index is 1420. The summed E-state index contributed by atoms with van der Waals surface area (Å²) < 4.78 is 34.3. The minimum Gasteiger partial charge on any atom is -0.497 e. The molecule has 1 atom stereocenters. The molecule has 0 aliphatic heterocycles. The molecule has 3 aromatic rings. The molecule has 0 spiro atoms. The van der Waals surface area contributed by atoms with Gasteiger partial charge in [-0.05, 0) is 73.2 Å². The number of sulfonamides is 1. The lowest BCUT2D eigenvalue weighted by Gasteiger charge is -2.33. The number of anilines is 1. The number of rotatable bonds is 13. The van der Waals surface area contributed by atoms with Crippen LogP contribution in [0.4, 0.5) is 5.69 Å². The number of hydrogen-bond acceptors (Lipinski definition) is 5. The van der Waals surface area contributed by atoms with Gasteiger partial charge in [0.15, 0.2) is 0 Å². The van der Waals surface area contributed by atoms with Crippen LogP contribution < -0.4 is 14.4 Å². The Morgan fingerprint density at radius 2 is 1.52 bits per heavy atom. The summed E-state index contributed by atoms with van der Waals surface area (Å²) in [4.78, 5) is 29.4. The first-order valence-electron chi connectivity index (χ1n) is 14.7. The minimum atomic E-state index is -4.09. The molecule has 1 fully saturated rings. The van der Waals surface area contributed by atoms with E-state index in [9.17, 15) is 18.0 Å². The Morgan fingerprint density at radius 3 is 2.10 bits per heavy atom. The zero-order valence-electron chi connectivity index (χ0n) is 24.7. The van der Waals surface area contributed by atoms with Gasteiger partial charge in [-0.2, -0.15) is 0 Å². The molecule has 0 aromatic heterocycles. The van der Waals surface area contributed by atoms with Crippen molar-refractivity contribution in [2.24, 2.45) is 0 Å². The van der Waals surface area contributed by atoms with Crippen LogP contribution in [-0.4, -0.2) is 50.9 Å². The molecule has 0 unspecified atom stereocenters. The molecule has 1 saturated carbocycles. The van der Waals surface area contributed by atoms with Crippen molar-refractivity contribution >= 4 is 27.5 Å². The molecule has 0 saturated heterocycles. The molecule has 0 radical (unpaired) electrons. The Balaban J connectivity index is 1.70. The second-order valence-corrected chi connectivity index (χ2v) is 12.5. The lowest BCUT2D eigenvalue weighted by Crippen LogP contribution is -2.53. The molecule has 224 valence electrons. The maximum Gasteiger partial charge on any atom is 0.264 e. The van der Waals surface area contributed by atoms with Gasteiger partial charge in [0.05, 0.1) is 17.7 Å². The van der Waals surface area contributed by atoms with E-state index in [2.05, 4.69) is 5.32 Å². The van der Waals surface area contributed by atoms with Crippen LogP contribution in [0.2, 0.25) is 0 Å². The molecule has 0 bridgehead atoms. The fraction of sp³-hybridized carbons (Fsp3) is 0.394. The summed E-state index contributed by atoms with van der Waals surface area (Å²) in [7, 11) is -2.50. The Kier molecular flexibility index (Phi) is 10.6. The number of aryl methyl sites for hydroxylation is 1. The Morgan fingerprint density at radius 1 is 0.905 bits per heavy atom. The number of nitrogens with one attached hydrogen (secondary N) is 1. The van der Waals surface area contributed by atoms with Gasteiger partial charge in [0, 0.05) is 12.6 Å². The van der Waals surface area contributed by atoms with E-state index in [4.69, 9.17) is 4.74 Å². The van der Waals surface area contributed by atoms with Crippen molar-refractivity contribution in [3.05, 3.63) is 90.0 Å². The fourth-order valence-corrected chi connectivity index (χ4v) is 6.80. The third kappa shape index (κ3) is 7.50. The summed E-state index contributed by atoms with van der Waals surface area (Å²) >= 11 is 0. The van der Waals surface area contributed by atoms with E-state index >= 15 is 0 Å². The maximum atomic E-state index is 14.2. The van der Waals surface area contributed by atoms with E-state index in [1.807, 2.05) is 38.1 Å². The van der Waals surface area contributed by atoms with Crippen molar-refractivity contribution in [3.63, 3.8) is 0 Å². The average molecular weight is 592 g/mol. The van der Waals surface area contributed by atoms with Gasteiger partial charge in [-0.1, -0.05) is 69.2 Å². The highest BCUT2D eigenvalue weighted by Gasteiger charge is 2.34. The predicted molar refractivity (Wildman–Crippen MR) is 165 cm³/mol. The number of carbonyl (C=O) groups excluding carboxylic acids is 2. The Hall–Kier alpha value is -3.85. The van der Waals surface area contributed by atoms with E-state index in [0.29, 0.717) is 17.9 Å². The maximum absolute atomic E-state index is 14.2. The zero-order chi connectivity index (χ0) is 30.1. The number of benzene rings is 3. The lowest BCUT2D eigenvalue weighted by molar-refractivity contribution is -0.140. The molecule has 3 aromatic carbocycles. The number of methoxy groups -OCH3 is 1. The standard InChI is InChI=1S/C33H41N3O5S/c1-4-25-15-19-28(20-16-25)36(42(39,40)30-13-7-6-8-14-30)24-32(37)35(23-26-17-21-29(41-3)22-18-26)31(5-2)33(38)34-27-11-9-10-12-27/h6-8,13-22,27,31H,4-5,9-12,23-24H2,1-3H3,(H,34,38)/t31-/m0/s1. The van der Waals surface area contributed by atoms with E-state index in [1.54, 1.807) is 49.6 Å². The highest BCUT2D eigenvalue weighted by atomic mass is 32.2. The lowest BCUT2D eigenvalue weighted by atomic mass is 10.1. The van der Waals surface area contributed by atoms with Gasteiger partial charge < -0.3 is 15.0 Å². The summed E-state index contributed by atoms with van der Waals surface area (Å²) in [5.74, 6) is 0.00708. The SMILES string of the molecule is CCc1ccc(N(CC(=O)N(Cc2ccc(OC)cc2)[C@@H](CC)C(=O)NC2CCCC2)S(=O)(=O)c2ccccc2)cc1. The molecule has 8 nitrogen and oxygen atoms in total. The van der Waals surface area contributed by atoms with Crippen LogP contribution in [0.15, 0.2) is 83.8 Å². The summed E-state index contributed by atoms with van der Waals surface area (Å²) in [5.41, 5.74) is 2.25. The van der Waals surface area contributed by atoms with E-state index < -0.39 is 28.5 Å². The number of hydrogen-bond donors (Lipinski definition) is 1. The topological polar surface area (TPSA) is 96.0 Å². The second-order valence-electron chi connectivity index (χ2n) is 10.6. The molecule has 0 heterocycles. The zero-order valence-corrected chi connectivity index (χ0v) is 25.5. The van der Waals surface area contributed by atoms with Gasteiger partial charge in [-0.3, -0.25) is 13.9 Å². The van der Waals surface area contributed by atoms with Crippen molar-refractivity contribution in [1.29, 1.82) is 0 Å². The van der Waals surface area contributed by atoms with Crippen LogP contribution >= 0.6 is 0 Å². The van der Waals surface area contributed by atoms with Gasteiger partial charge in [-0.25, -0.2) is 8.42 Å². The normalized spacial score (nSPS) is 14.3. The van der Waals surface area contributed by atoms with Gasteiger partial charge in [0.25, 0.3) is 10.0 Å². The van der Waals surface area contributed by atoms with Crippen LogP contribution in [0, 0.1) is 0 Å². The summed E-state index contributed by atoms with van der Waals surface area (Å²) in [6, 6.07) is 21.9. The molecule has 1 N–H and O–H groups in total. The monoisotopic (exact) mass is 591 g/mol. The minimum absolute atomic E-state index is 0.0880. The van der Waals surface area contributed by atoms with E-state index in [0.717, 1.165) is 47.5 Å². The fourth-order valence-electron chi connectivity index (χ4n) is 5.36. The third-order valence-electron chi connectivity index (χ3n) is 7.84. The highest BCUT2D eigenvalue weighted by molar-refractivity contribution is 7.92. The first kappa shape index (κ1) is 31.1. The largest absolute Gasteiger partial charge is 0.497 e. The number of carbonyl (C=O) groups is 2. The van der Waals surface area contributed by atoms with Crippen molar-refractivity contribution in [3.8, 4) is 5.75 Å². The van der Waals surface area contributed by atoms with Crippen LogP contribution in [-0.2, 0) is 32.6 Å². The molecule has 42 heavy (non-hydrogen) atoms. The number of amides is 2. The first-order valence-corrected chi connectivity index (χ1v) is 16.1. The average Bonchev–Trinajstić information content (AvgIpc) is 3.53. The van der Waals surface area contributed by atoms with E-state index in [-0.39, 0.29) is 23.4 Å². The van der Waals surface area contributed by atoms with Crippen LogP contribution in [0.3, 0.4) is 0 Å². The number of ether oxygens (including phenoxy) is 1. The first-order chi connectivity index (χ1) is 20.3. The van der Waals surface area contributed by atoms with Crippen molar-refractivity contribution in [1.82, 2.24) is 10.2 Å². The van der Waals surface area contributed by atoms with Crippen molar-refractivity contribution in [2.75, 3.05) is 18.0 Å². The smallest absolute Gasteiger partial charge is 0.264 e. The van der Waals surface area contributed by atoms with E-state index in [1.165, 1.54) is 17.0 Å². The van der Waals surface area contributed by atoms with Crippen LogP contribution in [0.1, 0.15) is 57.1 Å². The predicted octanol–water partition coefficient (Wildman–Crippen LogP) is 5.32. The number of nitrogens with zero attached hydrogens (tertiary/aromatic N) is 2. The molecule has 2 amide bonds. The third-order valence-corrected chi connectivity index (χ3v) is 9.63. The summed E-state index contributed by atoms with van der Waals surface area (Å²) in [6.45, 7) is 3.59. The van der Waals surface area contributed by atoms with Crippen LogP contribution in [0.5, 0.6) is 5.75 Å². The van der Waals surface area contributed by atoms with Crippen molar-refractivity contribution < 1.29 is 22.7 Å². The summed E-state index contributed by atoms with van der Waals surface area (Å²) in [6.07, 6.45) is 5.17. The molecule has 4 rings (SSSR count). The van der Waals surface area contributed by atoms with Crippen LogP contribution in [0.25, 0.3) is 0 Å². The summed E-state index contributed by atoms with van der Waals surface area (Å²) in [5, 5.41) is 3.14. The Labute approximate surface area is 249 Å². The van der Waals surface area contributed by atoms with Gasteiger partial charge in [-0.15, -0.1) is 0 Å².